The van der Waals surface area contributed by atoms with Crippen LogP contribution in [-0.2, 0) is 19.6 Å². The maximum atomic E-state index is 2.98. The predicted molar refractivity (Wildman–Crippen MR) is 157 cm³/mol. The van der Waals surface area contributed by atoms with Crippen LogP contribution in [0.15, 0.2) is 91.0 Å². The standard InChI is InChI=1S/C30H42N4PSi/c1-36(2,3)35-32(25-28-13-7-4-8-14-28)22-19-31(20-23-33(35)26-29-15-9-5-10-16-29)21-24-34(35)27-30-17-11-6-12-18-30/h4-18H,19-27H2,1-3H3/q+1. The summed E-state index contributed by atoms with van der Waals surface area (Å²) in [7, 11) is -3.56. The van der Waals surface area contributed by atoms with Crippen molar-refractivity contribution in [3.05, 3.63) is 108 Å². The molecule has 0 radical (unpaired) electrons. The van der Waals surface area contributed by atoms with E-state index in [1.54, 1.807) is 0 Å². The summed E-state index contributed by atoms with van der Waals surface area (Å²) in [6.07, 6.45) is 0. The van der Waals surface area contributed by atoms with Crippen molar-refractivity contribution in [2.45, 2.75) is 39.3 Å². The van der Waals surface area contributed by atoms with Gasteiger partial charge in [-0.2, -0.15) is 14.0 Å². The third-order valence-electron chi connectivity index (χ3n) is 7.73. The molecule has 6 heteroatoms. The summed E-state index contributed by atoms with van der Waals surface area (Å²) in [5.74, 6) is 0. The lowest BCUT2D eigenvalue weighted by atomic mass is 10.2. The molecule has 0 atom stereocenters. The van der Waals surface area contributed by atoms with Gasteiger partial charge in [-0.1, -0.05) is 91.0 Å². The molecule has 3 saturated heterocycles. The van der Waals surface area contributed by atoms with Crippen LogP contribution in [0.25, 0.3) is 0 Å². The zero-order valence-corrected chi connectivity index (χ0v) is 24.2. The topological polar surface area (TPSA) is 13.0 Å². The van der Waals surface area contributed by atoms with E-state index in [2.05, 4.69) is 130 Å². The van der Waals surface area contributed by atoms with Gasteiger partial charge in [0.25, 0.3) is 7.74 Å². The van der Waals surface area contributed by atoms with Gasteiger partial charge in [-0.15, -0.1) is 0 Å². The summed E-state index contributed by atoms with van der Waals surface area (Å²) < 4.78 is 8.93. The number of hydrogen-bond acceptors (Lipinski definition) is 4. The van der Waals surface area contributed by atoms with Gasteiger partial charge in [0.05, 0.1) is 19.6 Å². The molecule has 190 valence electrons. The summed E-state index contributed by atoms with van der Waals surface area (Å²) >= 11 is 0. The Labute approximate surface area is 219 Å². The molecule has 6 rings (SSSR count). The monoisotopic (exact) mass is 517 g/mol. The van der Waals surface area contributed by atoms with Gasteiger partial charge in [-0.05, 0) is 36.3 Å². The number of hydrogen-bond donors (Lipinski definition) is 0. The summed E-state index contributed by atoms with van der Waals surface area (Å²) in [6.45, 7) is 18.0. The zero-order chi connectivity index (χ0) is 25.0. The average molecular weight is 518 g/mol. The van der Waals surface area contributed by atoms with Crippen LogP contribution in [0.4, 0.5) is 0 Å². The van der Waals surface area contributed by atoms with Crippen molar-refractivity contribution in [2.24, 2.45) is 0 Å². The van der Waals surface area contributed by atoms with E-state index >= 15 is 0 Å². The second-order valence-electron chi connectivity index (χ2n) is 11.2. The second-order valence-corrected chi connectivity index (χ2v) is 24.2. The quantitative estimate of drug-likeness (QED) is 0.265. The maximum Gasteiger partial charge on any atom is 0.279 e. The van der Waals surface area contributed by atoms with Gasteiger partial charge in [0.2, 0.25) is 0 Å². The highest BCUT2D eigenvalue weighted by molar-refractivity contribution is 8.03. The third-order valence-corrected chi connectivity index (χ3v) is 20.9. The van der Waals surface area contributed by atoms with Crippen LogP contribution in [0, 0.1) is 0 Å². The normalized spacial score (nSPS) is 24.2. The first kappa shape index (κ1) is 25.8. The van der Waals surface area contributed by atoms with Crippen LogP contribution in [0.2, 0.25) is 19.6 Å². The van der Waals surface area contributed by atoms with E-state index in [-0.39, 0.29) is 0 Å². The molecule has 3 aromatic carbocycles. The van der Waals surface area contributed by atoms with Crippen molar-refractivity contribution < 1.29 is 0 Å². The first-order valence-corrected chi connectivity index (χ1v) is 19.5. The van der Waals surface area contributed by atoms with Gasteiger partial charge in [-0.25, -0.2) is 0 Å². The SMILES string of the molecule is C[Si](C)(C)[P+]12N(Cc3ccccc3)CCN(CCN1Cc1ccccc1)CCN2Cc1ccccc1. The molecule has 0 aliphatic carbocycles. The van der Waals surface area contributed by atoms with Crippen LogP contribution in [-0.4, -0.2) is 65.9 Å². The highest BCUT2D eigenvalue weighted by atomic mass is 31.5. The first-order chi connectivity index (χ1) is 17.5. The minimum Gasteiger partial charge on any atom is -0.299 e. The molecule has 36 heavy (non-hydrogen) atoms. The van der Waals surface area contributed by atoms with Crippen LogP contribution in [0.3, 0.4) is 0 Å². The Morgan fingerprint density at radius 2 is 0.806 bits per heavy atom. The minimum atomic E-state index is -1.82. The summed E-state index contributed by atoms with van der Waals surface area (Å²) in [5, 5.41) is 0. The van der Waals surface area contributed by atoms with Gasteiger partial charge >= 0.3 is 0 Å². The predicted octanol–water partition coefficient (Wildman–Crippen LogP) is 6.42. The molecule has 0 saturated carbocycles. The average Bonchev–Trinajstić information content (AvgIpc) is 2.86. The number of benzene rings is 3. The Kier molecular flexibility index (Phi) is 8.07. The fourth-order valence-corrected chi connectivity index (χ4v) is 21.2. The highest BCUT2D eigenvalue weighted by Gasteiger charge is 2.65. The number of rotatable bonds is 7. The van der Waals surface area contributed by atoms with Gasteiger partial charge < -0.3 is 0 Å². The van der Waals surface area contributed by atoms with E-state index in [4.69, 9.17) is 0 Å². The largest absolute Gasteiger partial charge is 0.299 e. The molecule has 0 spiro atoms. The summed E-state index contributed by atoms with van der Waals surface area (Å²) in [5.41, 5.74) is 4.31. The first-order valence-electron chi connectivity index (χ1n) is 13.5. The number of fused-ring (bicyclic) bond motifs is 6. The minimum absolute atomic E-state index is 1.03. The molecule has 0 amide bonds. The molecule has 3 aliphatic heterocycles. The molecule has 2 bridgehead atoms. The molecule has 0 aromatic heterocycles. The van der Waals surface area contributed by atoms with Crippen molar-refractivity contribution in [3.8, 4) is 0 Å². The van der Waals surface area contributed by atoms with Gasteiger partial charge in [-0.3, -0.25) is 4.90 Å². The Morgan fingerprint density at radius 1 is 0.500 bits per heavy atom. The molecule has 0 N–H and O–H groups in total. The fourth-order valence-electron chi connectivity index (χ4n) is 6.25. The molecule has 3 aliphatic rings. The van der Waals surface area contributed by atoms with Crippen LogP contribution in [0.1, 0.15) is 16.7 Å². The Balaban J connectivity index is 1.65. The van der Waals surface area contributed by atoms with Crippen molar-refractivity contribution in [3.63, 3.8) is 0 Å². The van der Waals surface area contributed by atoms with E-state index in [1.807, 2.05) is 0 Å². The molecule has 3 heterocycles. The summed E-state index contributed by atoms with van der Waals surface area (Å²) in [6, 6.07) is 33.6. The van der Waals surface area contributed by atoms with Crippen LogP contribution < -0.4 is 0 Å². The van der Waals surface area contributed by atoms with Crippen LogP contribution in [0.5, 0.6) is 0 Å². The molecule has 0 unspecified atom stereocenters. The fraction of sp³-hybridized carbons (Fsp3) is 0.400. The lowest BCUT2D eigenvalue weighted by Crippen LogP contribution is -2.61. The lowest BCUT2D eigenvalue weighted by molar-refractivity contribution is 0.155. The maximum absolute atomic E-state index is 2.98. The number of nitrogens with zero attached hydrogens (tertiary/aromatic N) is 4. The smallest absolute Gasteiger partial charge is 0.279 e. The van der Waals surface area contributed by atoms with E-state index in [0.29, 0.717) is 0 Å². The van der Waals surface area contributed by atoms with Gasteiger partial charge in [0.1, 0.15) is 0 Å². The highest BCUT2D eigenvalue weighted by Crippen LogP contribution is 2.75. The van der Waals surface area contributed by atoms with E-state index < -0.39 is 15.0 Å². The Morgan fingerprint density at radius 3 is 1.08 bits per heavy atom. The zero-order valence-electron chi connectivity index (χ0n) is 22.3. The molecule has 4 nitrogen and oxygen atoms in total. The van der Waals surface area contributed by atoms with Crippen molar-refractivity contribution >= 4 is 15.0 Å². The van der Waals surface area contributed by atoms with E-state index in [0.717, 1.165) is 39.3 Å². The van der Waals surface area contributed by atoms with Crippen LogP contribution >= 0.6 is 7.26 Å². The van der Waals surface area contributed by atoms with Gasteiger partial charge in [0.15, 0.2) is 7.26 Å². The third kappa shape index (κ3) is 5.38. The van der Waals surface area contributed by atoms with E-state index in [1.165, 1.54) is 36.3 Å². The molecular weight excluding hydrogens is 475 g/mol. The second kappa shape index (κ2) is 11.3. The van der Waals surface area contributed by atoms with Crippen molar-refractivity contribution in [2.75, 3.05) is 39.3 Å². The molecule has 3 aromatic rings. The van der Waals surface area contributed by atoms with Crippen molar-refractivity contribution in [1.29, 1.82) is 0 Å². The van der Waals surface area contributed by atoms with Crippen molar-refractivity contribution in [1.82, 2.24) is 18.9 Å². The lowest BCUT2D eigenvalue weighted by Gasteiger charge is -2.57. The molecular formula is C30H42N4PSi+. The molecule has 3 fully saturated rings. The Bertz CT molecular complexity index is 960. The Hall–Kier alpha value is -1.85. The summed E-state index contributed by atoms with van der Waals surface area (Å²) in [4.78, 5) is 2.71. The van der Waals surface area contributed by atoms with E-state index in [9.17, 15) is 0 Å². The van der Waals surface area contributed by atoms with Gasteiger partial charge in [0, 0.05) is 39.3 Å².